The number of esters is 4. The molecule has 0 aliphatic rings. The van der Waals surface area contributed by atoms with Crippen LogP contribution in [0.5, 0.6) is 0 Å². The number of hydrogen-bond acceptors (Lipinski definition) is 12. The molecule has 12 heteroatoms. The minimum atomic E-state index is -0.927. The van der Waals surface area contributed by atoms with E-state index >= 15 is 0 Å². The highest BCUT2D eigenvalue weighted by molar-refractivity contribution is 7.83. The van der Waals surface area contributed by atoms with Crippen LogP contribution in [0.2, 0.25) is 0 Å². The van der Waals surface area contributed by atoms with Gasteiger partial charge in [-0.1, -0.05) is 39.5 Å². The number of thiol groups is 4. The summed E-state index contributed by atoms with van der Waals surface area (Å²) in [5.74, 6) is -2.04. The molecule has 0 bridgehead atoms. The lowest BCUT2D eigenvalue weighted by Gasteiger charge is -2.25. The number of carbonyl (C=O) groups excluding carboxylic acids is 4. The standard InChI is InChI=1S/C16H30O4S2.C12H22O4S2/c1-6-7-8-9-10-11-12(19-13(17)15(2,3)21)20-14(18)16(4,5)22;1-6-7-8(15-9(13)11(2,3)17)16-10(14)12(4,5)18/h12,21-22H,6-11H2,1-5H3;8,17-18H,6-7H2,1-5H3. The van der Waals surface area contributed by atoms with Crippen molar-refractivity contribution in [1.29, 1.82) is 0 Å². The molecular weight excluding hydrogens is 593 g/mol. The molecule has 0 aromatic carbocycles. The van der Waals surface area contributed by atoms with E-state index < -0.39 is 55.4 Å². The van der Waals surface area contributed by atoms with Gasteiger partial charge in [-0.25, -0.2) is 0 Å². The number of unbranched alkanes of at least 4 members (excludes halogenated alkanes) is 4. The molecule has 40 heavy (non-hydrogen) atoms. The number of carbonyl (C=O) groups is 4. The molecule has 0 heterocycles. The Labute approximate surface area is 263 Å². The maximum atomic E-state index is 11.9. The van der Waals surface area contributed by atoms with Gasteiger partial charge in [0.25, 0.3) is 0 Å². The lowest BCUT2D eigenvalue weighted by Crippen LogP contribution is -2.37. The Morgan fingerprint density at radius 3 is 1.00 bits per heavy atom. The van der Waals surface area contributed by atoms with Crippen molar-refractivity contribution in [1.82, 2.24) is 0 Å². The molecule has 0 saturated heterocycles. The Balaban J connectivity index is 0. The Bertz CT molecular complexity index is 734. The van der Waals surface area contributed by atoms with Gasteiger partial charge in [0.2, 0.25) is 12.6 Å². The van der Waals surface area contributed by atoms with Crippen LogP contribution in [0.3, 0.4) is 0 Å². The first-order valence-electron chi connectivity index (χ1n) is 13.7. The van der Waals surface area contributed by atoms with E-state index in [4.69, 9.17) is 18.9 Å². The molecule has 0 atom stereocenters. The normalized spacial score (nSPS) is 12.4. The summed E-state index contributed by atoms with van der Waals surface area (Å²) < 4.78 is 17.1. The van der Waals surface area contributed by atoms with Crippen LogP contribution in [0.15, 0.2) is 0 Å². The van der Waals surface area contributed by atoms with Gasteiger partial charge in [-0.2, -0.15) is 50.5 Å². The second-order valence-corrected chi connectivity index (χ2v) is 16.2. The lowest BCUT2D eigenvalue weighted by molar-refractivity contribution is -0.193. The van der Waals surface area contributed by atoms with Gasteiger partial charge < -0.3 is 18.9 Å². The summed E-state index contributed by atoms with van der Waals surface area (Å²) in [6.45, 7) is 17.1. The predicted octanol–water partition coefficient (Wildman–Crippen LogP) is 6.79. The van der Waals surface area contributed by atoms with Crippen molar-refractivity contribution in [3.8, 4) is 0 Å². The number of rotatable bonds is 16. The molecule has 0 amide bonds. The van der Waals surface area contributed by atoms with E-state index in [2.05, 4.69) is 57.4 Å². The second-order valence-electron chi connectivity index (χ2n) is 11.7. The molecule has 0 aromatic rings. The molecule has 0 aliphatic carbocycles. The molecule has 8 nitrogen and oxygen atoms in total. The molecule has 0 spiro atoms. The summed E-state index contributed by atoms with van der Waals surface area (Å²) in [4.78, 5) is 47.2. The van der Waals surface area contributed by atoms with Crippen molar-refractivity contribution in [3.63, 3.8) is 0 Å². The first kappa shape index (κ1) is 41.4. The van der Waals surface area contributed by atoms with Gasteiger partial charge >= 0.3 is 23.9 Å². The summed E-state index contributed by atoms with van der Waals surface area (Å²) in [5.41, 5.74) is 0. The van der Waals surface area contributed by atoms with Crippen LogP contribution >= 0.6 is 50.5 Å². The molecule has 236 valence electrons. The maximum Gasteiger partial charge on any atom is 0.324 e. The van der Waals surface area contributed by atoms with Crippen LogP contribution in [0.4, 0.5) is 0 Å². The molecular formula is C28H52O8S4. The molecule has 0 radical (unpaired) electrons. The monoisotopic (exact) mass is 644 g/mol. The van der Waals surface area contributed by atoms with Crippen molar-refractivity contribution in [2.75, 3.05) is 0 Å². The summed E-state index contributed by atoms with van der Waals surface area (Å²) in [5, 5.41) is 0. The topological polar surface area (TPSA) is 105 Å². The van der Waals surface area contributed by atoms with Crippen LogP contribution in [-0.4, -0.2) is 55.4 Å². The van der Waals surface area contributed by atoms with Gasteiger partial charge in [0.15, 0.2) is 0 Å². The van der Waals surface area contributed by atoms with Gasteiger partial charge in [-0.15, -0.1) is 0 Å². The van der Waals surface area contributed by atoms with E-state index in [0.717, 1.165) is 32.1 Å². The SMILES string of the molecule is CCCC(OC(=O)C(C)(C)S)OC(=O)C(C)(C)S.CCCCCCCC(OC(=O)C(C)(C)S)OC(=O)C(C)(C)S. The van der Waals surface area contributed by atoms with Gasteiger partial charge in [-0.3, -0.25) is 19.2 Å². The maximum absolute atomic E-state index is 11.9. The Kier molecular flexibility index (Phi) is 19.4. The van der Waals surface area contributed by atoms with Crippen molar-refractivity contribution in [2.45, 2.75) is 152 Å². The third-order valence-electron chi connectivity index (χ3n) is 5.02. The fourth-order valence-corrected chi connectivity index (χ4v) is 2.70. The fourth-order valence-electron chi connectivity index (χ4n) is 2.49. The van der Waals surface area contributed by atoms with E-state index in [1.54, 1.807) is 55.4 Å². The highest BCUT2D eigenvalue weighted by Crippen LogP contribution is 2.22. The van der Waals surface area contributed by atoms with E-state index in [1.165, 1.54) is 6.42 Å². The molecule has 0 N–H and O–H groups in total. The van der Waals surface area contributed by atoms with Gasteiger partial charge in [0.1, 0.15) is 19.0 Å². The first-order valence-corrected chi connectivity index (χ1v) is 15.5. The fraction of sp³-hybridized carbons (Fsp3) is 0.857. The van der Waals surface area contributed by atoms with Crippen molar-refractivity contribution in [3.05, 3.63) is 0 Å². The second kappa shape index (κ2) is 18.7. The quantitative estimate of drug-likeness (QED) is 0.0630. The largest absolute Gasteiger partial charge is 0.424 e. The minimum absolute atomic E-state index is 0.450. The van der Waals surface area contributed by atoms with Crippen LogP contribution in [0, 0.1) is 0 Å². The Hall–Kier alpha value is -0.720. The average molecular weight is 645 g/mol. The van der Waals surface area contributed by atoms with E-state index in [9.17, 15) is 19.2 Å². The number of ether oxygens (including phenoxy) is 4. The summed E-state index contributed by atoms with van der Waals surface area (Å²) in [6, 6.07) is 0. The van der Waals surface area contributed by atoms with Crippen molar-refractivity contribution >= 4 is 74.4 Å². The lowest BCUT2D eigenvalue weighted by atomic mass is 10.1. The zero-order valence-corrected chi connectivity index (χ0v) is 29.4. The van der Waals surface area contributed by atoms with Crippen LogP contribution < -0.4 is 0 Å². The van der Waals surface area contributed by atoms with Crippen LogP contribution in [0.25, 0.3) is 0 Å². The highest BCUT2D eigenvalue weighted by atomic mass is 32.1. The minimum Gasteiger partial charge on any atom is -0.424 e. The Morgan fingerprint density at radius 1 is 0.475 bits per heavy atom. The molecule has 0 rings (SSSR count). The zero-order valence-electron chi connectivity index (χ0n) is 25.9. The molecule has 0 fully saturated rings. The highest BCUT2D eigenvalue weighted by Gasteiger charge is 2.33. The van der Waals surface area contributed by atoms with Gasteiger partial charge in [0.05, 0.1) is 0 Å². The van der Waals surface area contributed by atoms with Gasteiger partial charge in [0, 0.05) is 12.8 Å². The van der Waals surface area contributed by atoms with Gasteiger partial charge in [-0.05, 0) is 68.2 Å². The Morgan fingerprint density at radius 2 is 0.750 bits per heavy atom. The summed E-state index contributed by atoms with van der Waals surface area (Å²) in [6.07, 6.45) is 5.24. The van der Waals surface area contributed by atoms with Crippen molar-refractivity contribution in [2.24, 2.45) is 0 Å². The van der Waals surface area contributed by atoms with E-state index in [0.29, 0.717) is 12.8 Å². The molecule has 0 saturated carbocycles. The summed E-state index contributed by atoms with van der Waals surface area (Å²) >= 11 is 16.6. The van der Waals surface area contributed by atoms with Crippen LogP contribution in [-0.2, 0) is 38.1 Å². The smallest absolute Gasteiger partial charge is 0.324 e. The predicted molar refractivity (Wildman–Crippen MR) is 172 cm³/mol. The molecule has 0 unspecified atom stereocenters. The summed E-state index contributed by atoms with van der Waals surface area (Å²) in [7, 11) is 0. The zero-order chi connectivity index (χ0) is 31.9. The van der Waals surface area contributed by atoms with E-state index in [-0.39, 0.29) is 0 Å². The average Bonchev–Trinajstić information content (AvgIpc) is 2.76. The molecule has 0 aromatic heterocycles. The van der Waals surface area contributed by atoms with E-state index in [1.807, 2.05) is 6.92 Å². The van der Waals surface area contributed by atoms with Crippen molar-refractivity contribution < 1.29 is 38.1 Å². The third-order valence-corrected chi connectivity index (χ3v) is 5.75. The molecule has 0 aliphatic heterocycles. The number of hydrogen-bond donors (Lipinski definition) is 4. The third kappa shape index (κ3) is 20.2. The van der Waals surface area contributed by atoms with Crippen LogP contribution in [0.1, 0.15) is 121 Å². The first-order chi connectivity index (χ1) is 18.0.